The van der Waals surface area contributed by atoms with Crippen molar-refractivity contribution in [1.29, 1.82) is 0 Å². The van der Waals surface area contributed by atoms with Gasteiger partial charge in [-0.2, -0.15) is 0 Å². The van der Waals surface area contributed by atoms with E-state index >= 15 is 0 Å². The molecule has 0 saturated heterocycles. The Morgan fingerprint density at radius 1 is 1.04 bits per heavy atom. The molecule has 128 valence electrons. The average Bonchev–Trinajstić information content (AvgIpc) is 2.96. The maximum atomic E-state index is 12.9. The van der Waals surface area contributed by atoms with Crippen LogP contribution in [0.1, 0.15) is 27.2 Å². The topological polar surface area (TPSA) is 68.4 Å². The Hall–Kier alpha value is -3.08. The van der Waals surface area contributed by atoms with E-state index in [9.17, 15) is 9.59 Å². The van der Waals surface area contributed by atoms with Gasteiger partial charge in [0.05, 0.1) is 26.2 Å². The second-order valence-corrected chi connectivity index (χ2v) is 5.77. The first-order valence-corrected chi connectivity index (χ1v) is 7.91. The van der Waals surface area contributed by atoms with Crippen LogP contribution in [0.25, 0.3) is 10.9 Å². The summed E-state index contributed by atoms with van der Waals surface area (Å²) in [6, 6.07) is 12.5. The minimum absolute atomic E-state index is 0.0841. The molecule has 1 N–H and O–H groups in total. The van der Waals surface area contributed by atoms with Crippen molar-refractivity contribution in [3.63, 3.8) is 0 Å². The number of nitrogens with one attached hydrogen (secondary N) is 1. The Kier molecular flexibility index (Phi) is 4.57. The fraction of sp³-hybridized carbons (Fsp3) is 0.200. The van der Waals surface area contributed by atoms with Gasteiger partial charge >= 0.3 is 5.97 Å². The van der Waals surface area contributed by atoms with Crippen LogP contribution in [-0.2, 0) is 16.0 Å². The molecule has 5 nitrogen and oxygen atoms in total. The highest BCUT2D eigenvalue weighted by Gasteiger charge is 2.18. The van der Waals surface area contributed by atoms with Crippen LogP contribution < -0.4 is 4.74 Å². The van der Waals surface area contributed by atoms with Gasteiger partial charge in [-0.25, -0.2) is 0 Å². The van der Waals surface area contributed by atoms with Crippen molar-refractivity contribution >= 4 is 22.7 Å². The third-order valence-corrected chi connectivity index (χ3v) is 4.30. The van der Waals surface area contributed by atoms with Gasteiger partial charge in [0, 0.05) is 22.2 Å². The summed E-state index contributed by atoms with van der Waals surface area (Å²) in [6.07, 6.45) is 0.169. The zero-order valence-electron chi connectivity index (χ0n) is 14.4. The number of fused-ring (bicyclic) bond motifs is 1. The summed E-state index contributed by atoms with van der Waals surface area (Å²) in [4.78, 5) is 27.8. The van der Waals surface area contributed by atoms with Gasteiger partial charge in [0.15, 0.2) is 5.78 Å². The molecule has 0 aliphatic heterocycles. The molecule has 0 fully saturated rings. The molecule has 0 saturated carbocycles. The van der Waals surface area contributed by atoms with Gasteiger partial charge < -0.3 is 14.5 Å². The van der Waals surface area contributed by atoms with E-state index in [1.807, 2.05) is 19.1 Å². The number of hydrogen-bond donors (Lipinski definition) is 1. The molecule has 3 aromatic rings. The maximum Gasteiger partial charge on any atom is 0.310 e. The molecule has 1 heterocycles. The number of aromatic amines is 1. The quantitative estimate of drug-likeness (QED) is 0.572. The number of para-hydroxylation sites is 1. The first kappa shape index (κ1) is 16.8. The third kappa shape index (κ3) is 3.13. The number of esters is 1. The van der Waals surface area contributed by atoms with Gasteiger partial charge in [-0.05, 0) is 42.8 Å². The Morgan fingerprint density at radius 2 is 1.76 bits per heavy atom. The zero-order valence-corrected chi connectivity index (χ0v) is 14.4. The monoisotopic (exact) mass is 337 g/mol. The summed E-state index contributed by atoms with van der Waals surface area (Å²) in [6.45, 7) is 1.89. The van der Waals surface area contributed by atoms with Crippen LogP contribution in [0.5, 0.6) is 5.75 Å². The lowest BCUT2D eigenvalue weighted by Crippen LogP contribution is -2.05. The van der Waals surface area contributed by atoms with E-state index in [4.69, 9.17) is 9.47 Å². The number of carbonyl (C=O) groups excluding carboxylic acids is 2. The van der Waals surface area contributed by atoms with Gasteiger partial charge in [-0.1, -0.05) is 12.1 Å². The number of ketones is 1. The number of ether oxygens (including phenoxy) is 2. The number of methoxy groups -OCH3 is 2. The highest BCUT2D eigenvalue weighted by atomic mass is 16.5. The van der Waals surface area contributed by atoms with Crippen LogP contribution in [0.3, 0.4) is 0 Å². The Labute approximate surface area is 145 Å². The lowest BCUT2D eigenvalue weighted by atomic mass is 9.99. The Bertz CT molecular complexity index is 938. The third-order valence-electron chi connectivity index (χ3n) is 4.30. The molecular formula is C20H19NO4. The second kappa shape index (κ2) is 6.81. The van der Waals surface area contributed by atoms with E-state index in [0.717, 1.165) is 22.2 Å². The maximum absolute atomic E-state index is 12.9. The van der Waals surface area contributed by atoms with Crippen molar-refractivity contribution in [3.8, 4) is 5.75 Å². The number of benzene rings is 2. The fourth-order valence-electron chi connectivity index (χ4n) is 2.93. The molecule has 0 bridgehead atoms. The van der Waals surface area contributed by atoms with Crippen molar-refractivity contribution < 1.29 is 19.1 Å². The van der Waals surface area contributed by atoms with Crippen molar-refractivity contribution in [1.82, 2.24) is 4.98 Å². The summed E-state index contributed by atoms with van der Waals surface area (Å²) in [5, 5.41) is 0.863. The van der Waals surface area contributed by atoms with Gasteiger partial charge in [0.25, 0.3) is 0 Å². The van der Waals surface area contributed by atoms with Crippen LogP contribution in [-0.4, -0.2) is 31.0 Å². The number of hydrogen-bond acceptors (Lipinski definition) is 4. The summed E-state index contributed by atoms with van der Waals surface area (Å²) < 4.78 is 9.89. The van der Waals surface area contributed by atoms with Crippen molar-refractivity contribution in [2.75, 3.05) is 14.2 Å². The fourth-order valence-corrected chi connectivity index (χ4v) is 2.93. The minimum atomic E-state index is -0.309. The molecule has 0 spiro atoms. The van der Waals surface area contributed by atoms with Crippen LogP contribution >= 0.6 is 0 Å². The molecule has 0 amide bonds. The van der Waals surface area contributed by atoms with Crippen molar-refractivity contribution in [3.05, 3.63) is 64.8 Å². The summed E-state index contributed by atoms with van der Waals surface area (Å²) >= 11 is 0. The van der Waals surface area contributed by atoms with E-state index in [2.05, 4.69) is 4.98 Å². The highest BCUT2D eigenvalue weighted by molar-refractivity contribution is 6.16. The Balaban J connectivity index is 2.06. The van der Waals surface area contributed by atoms with E-state index < -0.39 is 0 Å². The molecule has 0 atom stereocenters. The smallest absolute Gasteiger partial charge is 0.310 e. The van der Waals surface area contributed by atoms with E-state index in [1.54, 1.807) is 37.4 Å². The number of H-pyrrole nitrogens is 1. The summed E-state index contributed by atoms with van der Waals surface area (Å²) in [5.74, 6) is 0.306. The molecular weight excluding hydrogens is 318 g/mol. The van der Waals surface area contributed by atoms with Gasteiger partial charge in [-0.15, -0.1) is 0 Å². The molecule has 0 unspecified atom stereocenters. The van der Waals surface area contributed by atoms with E-state index in [1.165, 1.54) is 7.11 Å². The van der Waals surface area contributed by atoms with Crippen LogP contribution in [0.2, 0.25) is 0 Å². The van der Waals surface area contributed by atoms with Crippen LogP contribution in [0.15, 0.2) is 42.5 Å². The first-order valence-electron chi connectivity index (χ1n) is 7.91. The summed E-state index contributed by atoms with van der Waals surface area (Å²) in [5.41, 5.74) is 3.60. The van der Waals surface area contributed by atoms with Crippen LogP contribution in [0, 0.1) is 6.92 Å². The average molecular weight is 337 g/mol. The minimum Gasteiger partial charge on any atom is -0.497 e. The highest BCUT2D eigenvalue weighted by Crippen LogP contribution is 2.27. The lowest BCUT2D eigenvalue weighted by molar-refractivity contribution is -0.139. The normalized spacial score (nSPS) is 10.7. The van der Waals surface area contributed by atoms with Gasteiger partial charge in [-0.3, -0.25) is 9.59 Å². The van der Waals surface area contributed by atoms with Crippen LogP contribution in [0.4, 0.5) is 0 Å². The SMILES string of the molecule is COC(=O)Cc1c(C)[nH]c2c(C(=O)c3ccc(OC)cc3)cccc12. The predicted octanol–water partition coefficient (Wildman–Crippen LogP) is 3.43. The molecule has 3 rings (SSSR count). The predicted molar refractivity (Wildman–Crippen MR) is 95.2 cm³/mol. The van der Waals surface area contributed by atoms with Crippen molar-refractivity contribution in [2.24, 2.45) is 0 Å². The van der Waals surface area contributed by atoms with Crippen molar-refractivity contribution in [2.45, 2.75) is 13.3 Å². The van der Waals surface area contributed by atoms with Gasteiger partial charge in [0.1, 0.15) is 5.75 Å². The summed E-state index contributed by atoms with van der Waals surface area (Å²) in [7, 11) is 2.95. The molecule has 25 heavy (non-hydrogen) atoms. The zero-order chi connectivity index (χ0) is 18.0. The number of carbonyl (C=O) groups is 2. The molecule has 0 aliphatic carbocycles. The largest absolute Gasteiger partial charge is 0.497 e. The number of aryl methyl sites for hydroxylation is 1. The molecule has 1 aromatic heterocycles. The number of rotatable bonds is 5. The first-order chi connectivity index (χ1) is 12.0. The molecule has 5 heteroatoms. The second-order valence-electron chi connectivity index (χ2n) is 5.77. The molecule has 0 aliphatic rings. The lowest BCUT2D eigenvalue weighted by Gasteiger charge is -2.05. The standard InChI is InChI=1S/C20H19NO4/c1-12-17(11-18(22)25-3)15-5-4-6-16(19(15)21-12)20(23)13-7-9-14(24-2)10-8-13/h4-10,21H,11H2,1-3H3. The Morgan fingerprint density at radius 3 is 2.40 bits per heavy atom. The number of aromatic nitrogens is 1. The molecule has 0 radical (unpaired) electrons. The van der Waals surface area contributed by atoms with E-state index in [-0.39, 0.29) is 18.2 Å². The molecule has 2 aromatic carbocycles. The van der Waals surface area contributed by atoms with Gasteiger partial charge in [0.2, 0.25) is 0 Å². The van der Waals surface area contributed by atoms with E-state index in [0.29, 0.717) is 16.9 Å².